The molecule has 1 aromatic carbocycles. The predicted molar refractivity (Wildman–Crippen MR) is 70.4 cm³/mol. The van der Waals surface area contributed by atoms with Crippen molar-refractivity contribution in [3.63, 3.8) is 0 Å². The van der Waals surface area contributed by atoms with Gasteiger partial charge in [0.2, 0.25) is 0 Å². The number of benzene rings is 1. The smallest absolute Gasteiger partial charge is 0.127 e. The number of likely N-dealkylation sites (N-methyl/N-ethyl adjacent to an activating group) is 1. The van der Waals surface area contributed by atoms with Crippen molar-refractivity contribution in [2.45, 2.75) is 19.4 Å². The molecule has 1 N–H and O–H groups in total. The second kappa shape index (κ2) is 5.55. The van der Waals surface area contributed by atoms with E-state index < -0.39 is 0 Å². The Morgan fingerprint density at radius 1 is 1.39 bits per heavy atom. The van der Waals surface area contributed by atoms with Gasteiger partial charge in [-0.1, -0.05) is 17.7 Å². The first-order chi connectivity index (χ1) is 8.61. The van der Waals surface area contributed by atoms with Gasteiger partial charge in [0.15, 0.2) is 0 Å². The maximum atomic E-state index is 13.7. The van der Waals surface area contributed by atoms with Crippen molar-refractivity contribution in [1.29, 1.82) is 0 Å². The van der Waals surface area contributed by atoms with Gasteiger partial charge < -0.3 is 9.73 Å². The minimum atomic E-state index is -0.285. The van der Waals surface area contributed by atoms with Crippen molar-refractivity contribution >= 4 is 11.6 Å². The lowest BCUT2D eigenvalue weighted by molar-refractivity contribution is 0.422. The Bertz CT molecular complexity index is 538. The van der Waals surface area contributed by atoms with E-state index in [0.717, 1.165) is 11.3 Å². The first kappa shape index (κ1) is 13.1. The molecule has 1 aromatic heterocycles. The topological polar surface area (TPSA) is 25.2 Å². The van der Waals surface area contributed by atoms with Crippen LogP contribution in [0.2, 0.25) is 5.02 Å². The summed E-state index contributed by atoms with van der Waals surface area (Å²) in [5.41, 5.74) is 1.68. The van der Waals surface area contributed by atoms with Gasteiger partial charge in [0.25, 0.3) is 0 Å². The van der Waals surface area contributed by atoms with E-state index in [1.165, 1.54) is 6.07 Å². The van der Waals surface area contributed by atoms with E-state index in [-0.39, 0.29) is 11.9 Å². The lowest BCUT2D eigenvalue weighted by Gasteiger charge is -2.15. The number of hydrogen-bond donors (Lipinski definition) is 1. The van der Waals surface area contributed by atoms with Gasteiger partial charge >= 0.3 is 0 Å². The first-order valence-electron chi connectivity index (χ1n) is 5.77. The third-order valence-corrected chi connectivity index (χ3v) is 3.24. The average molecular weight is 268 g/mol. The third kappa shape index (κ3) is 2.74. The Morgan fingerprint density at radius 2 is 2.17 bits per heavy atom. The van der Waals surface area contributed by atoms with Crippen LogP contribution in [-0.2, 0) is 6.42 Å². The van der Waals surface area contributed by atoms with E-state index >= 15 is 0 Å². The number of furan rings is 1. The molecule has 0 aliphatic heterocycles. The van der Waals surface area contributed by atoms with Gasteiger partial charge in [0.05, 0.1) is 12.3 Å². The van der Waals surface area contributed by atoms with Gasteiger partial charge in [-0.05, 0) is 49.7 Å². The fourth-order valence-electron chi connectivity index (χ4n) is 1.97. The lowest BCUT2D eigenvalue weighted by Crippen LogP contribution is -2.19. The Labute approximate surface area is 111 Å². The summed E-state index contributed by atoms with van der Waals surface area (Å²) in [7, 11) is 1.83. The minimum Gasteiger partial charge on any atom is -0.467 e. The number of nitrogens with one attached hydrogen (secondary N) is 1. The van der Waals surface area contributed by atoms with Gasteiger partial charge in [0.1, 0.15) is 11.6 Å². The predicted octanol–water partition coefficient (Wildman–Crippen LogP) is 3.88. The number of aryl methyl sites for hydroxylation is 1. The molecule has 4 heteroatoms. The first-order valence-corrected chi connectivity index (χ1v) is 6.14. The minimum absolute atomic E-state index is 0.0457. The van der Waals surface area contributed by atoms with Crippen LogP contribution in [0.3, 0.4) is 0 Å². The molecular weight excluding hydrogens is 253 g/mol. The second-order valence-electron chi connectivity index (χ2n) is 4.25. The SMILES string of the molecule is CNC(Cc1ccc(Cl)cc1F)c1occc1C. The van der Waals surface area contributed by atoms with E-state index in [2.05, 4.69) is 5.32 Å². The molecule has 0 radical (unpaired) electrons. The summed E-state index contributed by atoms with van der Waals surface area (Å²) < 4.78 is 19.2. The second-order valence-corrected chi connectivity index (χ2v) is 4.69. The molecule has 0 bridgehead atoms. The molecule has 0 fully saturated rings. The number of halogens is 2. The number of rotatable bonds is 4. The highest BCUT2D eigenvalue weighted by atomic mass is 35.5. The molecule has 0 amide bonds. The molecule has 1 atom stereocenters. The molecule has 0 aliphatic rings. The molecule has 0 saturated heterocycles. The van der Waals surface area contributed by atoms with E-state index in [9.17, 15) is 4.39 Å². The highest BCUT2D eigenvalue weighted by Crippen LogP contribution is 2.24. The van der Waals surface area contributed by atoms with Gasteiger partial charge in [-0.15, -0.1) is 0 Å². The van der Waals surface area contributed by atoms with Crippen molar-refractivity contribution in [3.8, 4) is 0 Å². The van der Waals surface area contributed by atoms with Crippen molar-refractivity contribution in [2.75, 3.05) is 7.05 Å². The van der Waals surface area contributed by atoms with Crippen molar-refractivity contribution in [2.24, 2.45) is 0 Å². The summed E-state index contributed by atoms with van der Waals surface area (Å²) in [5, 5.41) is 3.55. The maximum Gasteiger partial charge on any atom is 0.127 e. The average Bonchev–Trinajstić information content (AvgIpc) is 2.75. The van der Waals surface area contributed by atoms with Crippen molar-refractivity contribution < 1.29 is 8.81 Å². The summed E-state index contributed by atoms with van der Waals surface area (Å²) in [5.74, 6) is 0.554. The Balaban J connectivity index is 2.23. The molecule has 2 rings (SSSR count). The zero-order valence-corrected chi connectivity index (χ0v) is 11.1. The molecule has 96 valence electrons. The molecule has 18 heavy (non-hydrogen) atoms. The van der Waals surface area contributed by atoms with Crippen LogP contribution in [0, 0.1) is 12.7 Å². The highest BCUT2D eigenvalue weighted by Gasteiger charge is 2.17. The third-order valence-electron chi connectivity index (χ3n) is 3.01. The van der Waals surface area contributed by atoms with Crippen LogP contribution >= 0.6 is 11.6 Å². The molecule has 0 spiro atoms. The standard InChI is InChI=1S/C14H15ClFNO/c1-9-5-6-18-14(9)13(17-2)7-10-3-4-11(15)8-12(10)16/h3-6,8,13,17H,7H2,1-2H3. The summed E-state index contributed by atoms with van der Waals surface area (Å²) in [6, 6.07) is 6.59. The molecule has 2 aromatic rings. The fraction of sp³-hybridized carbons (Fsp3) is 0.286. The van der Waals surface area contributed by atoms with E-state index in [4.69, 9.17) is 16.0 Å². The molecular formula is C14H15ClFNO. The summed E-state index contributed by atoms with van der Waals surface area (Å²) in [4.78, 5) is 0. The van der Waals surface area contributed by atoms with Gasteiger partial charge in [0, 0.05) is 5.02 Å². The molecule has 0 aliphatic carbocycles. The van der Waals surface area contributed by atoms with Crippen LogP contribution in [-0.4, -0.2) is 7.05 Å². The van der Waals surface area contributed by atoms with Crippen LogP contribution in [0.15, 0.2) is 34.9 Å². The van der Waals surface area contributed by atoms with E-state index in [1.807, 2.05) is 20.0 Å². The van der Waals surface area contributed by atoms with E-state index in [0.29, 0.717) is 17.0 Å². The molecule has 2 nitrogen and oxygen atoms in total. The van der Waals surface area contributed by atoms with Gasteiger partial charge in [-0.2, -0.15) is 0 Å². The van der Waals surface area contributed by atoms with E-state index in [1.54, 1.807) is 18.4 Å². The van der Waals surface area contributed by atoms with Crippen LogP contribution in [0.5, 0.6) is 0 Å². The molecule has 1 heterocycles. The number of hydrogen-bond acceptors (Lipinski definition) is 2. The summed E-state index contributed by atoms with van der Waals surface area (Å²) >= 11 is 5.74. The Hall–Kier alpha value is -1.32. The van der Waals surface area contributed by atoms with Crippen LogP contribution in [0.1, 0.15) is 22.9 Å². The maximum absolute atomic E-state index is 13.7. The quantitative estimate of drug-likeness (QED) is 0.909. The van der Waals surface area contributed by atoms with Crippen molar-refractivity contribution in [1.82, 2.24) is 5.32 Å². The Morgan fingerprint density at radius 3 is 2.72 bits per heavy atom. The van der Waals surface area contributed by atoms with Crippen LogP contribution in [0.4, 0.5) is 4.39 Å². The molecule has 1 unspecified atom stereocenters. The summed E-state index contributed by atoms with van der Waals surface area (Å²) in [6.45, 7) is 1.97. The monoisotopic (exact) mass is 267 g/mol. The summed E-state index contributed by atoms with van der Waals surface area (Å²) in [6.07, 6.45) is 2.17. The van der Waals surface area contributed by atoms with Crippen LogP contribution in [0.25, 0.3) is 0 Å². The molecule has 0 saturated carbocycles. The lowest BCUT2D eigenvalue weighted by atomic mass is 10.0. The Kier molecular flexibility index (Phi) is 4.04. The van der Waals surface area contributed by atoms with Gasteiger partial charge in [-0.3, -0.25) is 0 Å². The van der Waals surface area contributed by atoms with Crippen LogP contribution < -0.4 is 5.32 Å². The van der Waals surface area contributed by atoms with Crippen molar-refractivity contribution in [3.05, 3.63) is 58.3 Å². The van der Waals surface area contributed by atoms with Gasteiger partial charge in [-0.25, -0.2) is 4.39 Å². The zero-order chi connectivity index (χ0) is 13.1. The zero-order valence-electron chi connectivity index (χ0n) is 10.3. The fourth-order valence-corrected chi connectivity index (χ4v) is 2.13. The normalized spacial score (nSPS) is 12.7. The largest absolute Gasteiger partial charge is 0.467 e. The highest BCUT2D eigenvalue weighted by molar-refractivity contribution is 6.30.